The number of anilines is 1. The third kappa shape index (κ3) is 7.82. The molecule has 0 saturated carbocycles. The maximum Gasteiger partial charge on any atom is 0.407 e. The van der Waals surface area contributed by atoms with Gasteiger partial charge in [0, 0.05) is 42.3 Å². The van der Waals surface area contributed by atoms with E-state index >= 15 is 0 Å². The average Bonchev–Trinajstić information content (AvgIpc) is 2.83. The highest BCUT2D eigenvalue weighted by atomic mass is 35.5. The molecule has 3 aromatic rings. The smallest absolute Gasteiger partial charge is 0.407 e. The molecule has 8 nitrogen and oxygen atoms in total. The molecule has 0 atom stereocenters. The Morgan fingerprint density at radius 1 is 1.13 bits per heavy atom. The number of alkyl carbamates (subject to hydrolysis) is 1. The van der Waals surface area contributed by atoms with Crippen LogP contribution < -0.4 is 20.3 Å². The molecule has 4 rings (SSSR count). The Labute approximate surface area is 229 Å². The number of benzene rings is 1. The van der Waals surface area contributed by atoms with Crippen molar-refractivity contribution < 1.29 is 14.3 Å². The van der Waals surface area contributed by atoms with E-state index in [4.69, 9.17) is 26.1 Å². The highest BCUT2D eigenvalue weighted by molar-refractivity contribution is 6.30. The van der Waals surface area contributed by atoms with Crippen LogP contribution in [0.1, 0.15) is 44.7 Å². The first-order valence-electron chi connectivity index (χ1n) is 12.9. The van der Waals surface area contributed by atoms with Crippen molar-refractivity contribution in [2.75, 3.05) is 25.0 Å². The minimum atomic E-state index is -0.502. The zero-order valence-electron chi connectivity index (χ0n) is 22.7. The second-order valence-electron chi connectivity index (χ2n) is 10.6. The summed E-state index contributed by atoms with van der Waals surface area (Å²) in [6.07, 6.45) is 3.01. The molecular weight excluding hydrogens is 502 g/mol. The van der Waals surface area contributed by atoms with E-state index < -0.39 is 5.60 Å². The normalized spacial score (nSPS) is 14.3. The van der Waals surface area contributed by atoms with E-state index in [-0.39, 0.29) is 12.1 Å². The Hall–Kier alpha value is -3.36. The SMILES string of the molecule is CNCc1cc(Oc2ccc(N3CCC(NC(=O)OC(C)(C)C)CC3)nc2)nc(-c2cc(C)cc(Cl)c2)c1. The maximum atomic E-state index is 12.1. The van der Waals surface area contributed by atoms with Crippen LogP contribution in [0, 0.1) is 6.92 Å². The summed E-state index contributed by atoms with van der Waals surface area (Å²) in [5, 5.41) is 6.83. The highest BCUT2D eigenvalue weighted by Gasteiger charge is 2.24. The number of hydrogen-bond acceptors (Lipinski definition) is 7. The zero-order valence-corrected chi connectivity index (χ0v) is 23.4. The van der Waals surface area contributed by atoms with Crippen LogP contribution >= 0.6 is 11.6 Å². The number of piperidine rings is 1. The van der Waals surface area contributed by atoms with Gasteiger partial charge < -0.3 is 25.0 Å². The number of carbonyl (C=O) groups is 1. The van der Waals surface area contributed by atoms with E-state index in [1.807, 2.05) is 71.1 Å². The number of nitrogens with zero attached hydrogens (tertiary/aromatic N) is 3. The van der Waals surface area contributed by atoms with Crippen molar-refractivity contribution >= 4 is 23.5 Å². The molecule has 38 heavy (non-hydrogen) atoms. The summed E-state index contributed by atoms with van der Waals surface area (Å²) in [5.74, 6) is 1.98. The van der Waals surface area contributed by atoms with Gasteiger partial charge in [-0.2, -0.15) is 0 Å². The lowest BCUT2D eigenvalue weighted by Gasteiger charge is -2.33. The number of amides is 1. The topological polar surface area (TPSA) is 88.6 Å². The van der Waals surface area contributed by atoms with Crippen LogP contribution in [0.4, 0.5) is 10.6 Å². The summed E-state index contributed by atoms with van der Waals surface area (Å²) in [6, 6.07) is 13.8. The van der Waals surface area contributed by atoms with Crippen molar-refractivity contribution in [3.63, 3.8) is 0 Å². The van der Waals surface area contributed by atoms with Crippen molar-refractivity contribution in [3.8, 4) is 22.9 Å². The van der Waals surface area contributed by atoms with Gasteiger partial charge in [0.2, 0.25) is 5.88 Å². The summed E-state index contributed by atoms with van der Waals surface area (Å²) in [5.41, 5.74) is 3.36. The predicted octanol–water partition coefficient (Wildman–Crippen LogP) is 6.11. The number of aromatic nitrogens is 2. The second kappa shape index (κ2) is 12.0. The molecule has 0 unspecified atom stereocenters. The lowest BCUT2D eigenvalue weighted by atomic mass is 10.1. The minimum Gasteiger partial charge on any atom is -0.444 e. The molecule has 9 heteroatoms. The highest BCUT2D eigenvalue weighted by Crippen LogP contribution is 2.29. The van der Waals surface area contributed by atoms with E-state index in [9.17, 15) is 4.79 Å². The van der Waals surface area contributed by atoms with E-state index in [0.29, 0.717) is 23.2 Å². The van der Waals surface area contributed by atoms with E-state index in [1.165, 1.54) is 0 Å². The lowest BCUT2D eigenvalue weighted by Crippen LogP contribution is -2.46. The standard InChI is InChI=1S/C29H36ClN5O3/c1-19-12-21(16-22(30)13-19)25-14-20(17-31-5)15-27(34-25)37-24-6-7-26(32-18-24)35-10-8-23(9-11-35)33-28(36)38-29(2,3)4/h6-7,12-16,18,23,31H,8-11,17H2,1-5H3,(H,33,36). The molecule has 1 aliphatic heterocycles. The number of aryl methyl sites for hydroxylation is 1. The van der Waals surface area contributed by atoms with E-state index in [1.54, 1.807) is 6.20 Å². The van der Waals surface area contributed by atoms with Crippen LogP contribution in [0.5, 0.6) is 11.6 Å². The summed E-state index contributed by atoms with van der Waals surface area (Å²) in [6.45, 7) is 9.87. The number of rotatable bonds is 7. The summed E-state index contributed by atoms with van der Waals surface area (Å²) in [4.78, 5) is 23.6. The molecule has 3 heterocycles. The van der Waals surface area contributed by atoms with Crippen molar-refractivity contribution in [3.05, 3.63) is 64.8 Å². The van der Waals surface area contributed by atoms with Crippen molar-refractivity contribution in [1.82, 2.24) is 20.6 Å². The van der Waals surface area contributed by atoms with Crippen molar-refractivity contribution in [2.45, 2.75) is 58.7 Å². The largest absolute Gasteiger partial charge is 0.444 e. The van der Waals surface area contributed by atoms with Gasteiger partial charge in [-0.15, -0.1) is 0 Å². The van der Waals surface area contributed by atoms with Crippen molar-refractivity contribution in [2.24, 2.45) is 0 Å². The molecule has 1 amide bonds. The number of ether oxygens (including phenoxy) is 2. The van der Waals surface area contributed by atoms with E-state index in [2.05, 4.69) is 26.6 Å². The molecule has 0 spiro atoms. The Morgan fingerprint density at radius 3 is 2.53 bits per heavy atom. The molecule has 1 aromatic carbocycles. The Bertz CT molecular complexity index is 1230. The molecule has 2 aromatic heterocycles. The molecular formula is C29H36ClN5O3. The fraction of sp³-hybridized carbons (Fsp3) is 0.414. The quantitative estimate of drug-likeness (QED) is 0.376. The molecule has 0 aliphatic carbocycles. The number of hydrogen-bond donors (Lipinski definition) is 2. The molecule has 2 N–H and O–H groups in total. The Kier molecular flexibility index (Phi) is 8.74. The average molecular weight is 538 g/mol. The first kappa shape index (κ1) is 27.7. The van der Waals surface area contributed by atoms with Crippen LogP contribution in [0.15, 0.2) is 48.7 Å². The molecule has 1 saturated heterocycles. The molecule has 0 bridgehead atoms. The Balaban J connectivity index is 1.40. The predicted molar refractivity (Wildman–Crippen MR) is 151 cm³/mol. The fourth-order valence-electron chi connectivity index (χ4n) is 4.42. The molecule has 0 radical (unpaired) electrons. The van der Waals surface area contributed by atoms with Gasteiger partial charge in [-0.3, -0.25) is 0 Å². The van der Waals surface area contributed by atoms with Crippen LogP contribution in [0.2, 0.25) is 5.02 Å². The van der Waals surface area contributed by atoms with Gasteiger partial charge in [0.05, 0.1) is 11.9 Å². The Morgan fingerprint density at radius 2 is 1.89 bits per heavy atom. The number of nitrogens with one attached hydrogen (secondary N) is 2. The van der Waals surface area contributed by atoms with Gasteiger partial charge >= 0.3 is 6.09 Å². The second-order valence-corrected chi connectivity index (χ2v) is 11.0. The van der Waals surface area contributed by atoms with E-state index in [0.717, 1.165) is 54.1 Å². The fourth-order valence-corrected chi connectivity index (χ4v) is 4.71. The first-order valence-corrected chi connectivity index (χ1v) is 13.3. The van der Waals surface area contributed by atoms with Crippen LogP contribution in [-0.4, -0.2) is 47.8 Å². The van der Waals surface area contributed by atoms with Crippen molar-refractivity contribution in [1.29, 1.82) is 0 Å². The third-order valence-electron chi connectivity index (χ3n) is 6.06. The van der Waals surface area contributed by atoms with Gasteiger partial charge in [0.25, 0.3) is 0 Å². The van der Waals surface area contributed by atoms with Gasteiger partial charge in [0.1, 0.15) is 17.2 Å². The number of halogens is 1. The summed E-state index contributed by atoms with van der Waals surface area (Å²) >= 11 is 6.29. The van der Waals surface area contributed by atoms with Gasteiger partial charge in [-0.05, 0) is 95.1 Å². The number of pyridine rings is 2. The maximum absolute atomic E-state index is 12.1. The van der Waals surface area contributed by atoms with Gasteiger partial charge in [-0.25, -0.2) is 14.8 Å². The van der Waals surface area contributed by atoms with Crippen LogP contribution in [0.25, 0.3) is 11.3 Å². The zero-order chi connectivity index (χ0) is 27.3. The molecule has 202 valence electrons. The van der Waals surface area contributed by atoms with Gasteiger partial charge in [0.15, 0.2) is 0 Å². The van der Waals surface area contributed by atoms with Crippen LogP contribution in [0.3, 0.4) is 0 Å². The molecule has 1 aliphatic rings. The number of carbonyl (C=O) groups excluding carboxylic acids is 1. The third-order valence-corrected chi connectivity index (χ3v) is 6.28. The minimum absolute atomic E-state index is 0.0946. The summed E-state index contributed by atoms with van der Waals surface area (Å²) in [7, 11) is 1.91. The first-order chi connectivity index (χ1) is 18.1. The summed E-state index contributed by atoms with van der Waals surface area (Å²) < 4.78 is 11.5. The lowest BCUT2D eigenvalue weighted by molar-refractivity contribution is 0.0497. The molecule has 1 fully saturated rings. The van der Waals surface area contributed by atoms with Crippen LogP contribution in [-0.2, 0) is 11.3 Å². The monoisotopic (exact) mass is 537 g/mol. The van der Waals surface area contributed by atoms with Gasteiger partial charge in [-0.1, -0.05) is 11.6 Å².